The van der Waals surface area contributed by atoms with Crippen LogP contribution in [0, 0.1) is 3.70 Å². The quantitative estimate of drug-likeness (QED) is 0.813. The molecule has 0 bridgehead atoms. The maximum Gasteiger partial charge on any atom is 0.151 e. The Morgan fingerprint density at radius 2 is 1.81 bits per heavy atom. The van der Waals surface area contributed by atoms with Crippen LogP contribution in [0.5, 0.6) is 0 Å². The second kappa shape index (κ2) is 5.25. The Balaban J connectivity index is 2.09. The smallest absolute Gasteiger partial charge is 0.151 e. The Labute approximate surface area is 109 Å². The van der Waals surface area contributed by atoms with E-state index in [2.05, 4.69) is 49.8 Å². The van der Waals surface area contributed by atoms with Crippen molar-refractivity contribution in [2.24, 2.45) is 0 Å². The van der Waals surface area contributed by atoms with Crippen molar-refractivity contribution in [3.63, 3.8) is 0 Å². The van der Waals surface area contributed by atoms with Crippen molar-refractivity contribution in [3.8, 4) is 0 Å². The van der Waals surface area contributed by atoms with Gasteiger partial charge in [0.25, 0.3) is 0 Å². The number of hydrogen-bond donors (Lipinski definition) is 0. The molecule has 0 spiro atoms. The number of rotatable bonds is 3. The summed E-state index contributed by atoms with van der Waals surface area (Å²) in [5.41, 5.74) is 1.27. The average Bonchev–Trinajstić information content (AvgIpc) is 2.31. The molecule has 4 heteroatoms. The summed E-state index contributed by atoms with van der Waals surface area (Å²) in [5.74, 6) is 0.893. The first kappa shape index (κ1) is 11.3. The lowest BCUT2D eigenvalue weighted by atomic mass is 10.2. The van der Waals surface area contributed by atoms with Gasteiger partial charge in [-0.25, -0.2) is 0 Å². The van der Waals surface area contributed by atoms with Crippen LogP contribution in [0.2, 0.25) is 0 Å². The second-order valence-electron chi connectivity index (χ2n) is 3.56. The fraction of sp³-hybridized carbons (Fsp3) is 0.167. The maximum atomic E-state index is 4.14. The minimum Gasteiger partial charge on any atom is -0.354 e. The van der Waals surface area contributed by atoms with E-state index in [4.69, 9.17) is 0 Å². The van der Waals surface area contributed by atoms with E-state index < -0.39 is 0 Å². The highest BCUT2D eigenvalue weighted by atomic mass is 127. The highest BCUT2D eigenvalue weighted by Gasteiger charge is 2.03. The molecule has 0 saturated heterocycles. The van der Waals surface area contributed by atoms with E-state index in [-0.39, 0.29) is 0 Å². The zero-order chi connectivity index (χ0) is 11.4. The van der Waals surface area contributed by atoms with Gasteiger partial charge in [-0.1, -0.05) is 30.3 Å². The lowest BCUT2D eigenvalue weighted by Gasteiger charge is -2.17. The first-order valence-electron chi connectivity index (χ1n) is 5.00. The van der Waals surface area contributed by atoms with Crippen molar-refractivity contribution in [1.29, 1.82) is 0 Å². The zero-order valence-electron chi connectivity index (χ0n) is 8.97. The Bertz CT molecular complexity index is 442. The van der Waals surface area contributed by atoms with Gasteiger partial charge in [0.15, 0.2) is 5.82 Å². The van der Waals surface area contributed by atoms with Crippen LogP contribution in [0.25, 0.3) is 0 Å². The van der Waals surface area contributed by atoms with Crippen LogP contribution in [0.3, 0.4) is 0 Å². The van der Waals surface area contributed by atoms with E-state index >= 15 is 0 Å². The maximum absolute atomic E-state index is 4.14. The van der Waals surface area contributed by atoms with Crippen molar-refractivity contribution >= 4 is 28.4 Å². The van der Waals surface area contributed by atoms with Gasteiger partial charge in [0.2, 0.25) is 0 Å². The van der Waals surface area contributed by atoms with Gasteiger partial charge in [0, 0.05) is 13.6 Å². The topological polar surface area (TPSA) is 29.0 Å². The molecule has 0 saturated carbocycles. The van der Waals surface area contributed by atoms with Crippen LogP contribution >= 0.6 is 22.6 Å². The molecule has 3 nitrogen and oxygen atoms in total. The third-order valence-electron chi connectivity index (χ3n) is 2.27. The number of benzene rings is 1. The average molecular weight is 325 g/mol. The van der Waals surface area contributed by atoms with Gasteiger partial charge in [0.05, 0.1) is 0 Å². The molecule has 1 heterocycles. The molecule has 0 aliphatic carbocycles. The number of anilines is 1. The molecular formula is C12H12IN3. The van der Waals surface area contributed by atoms with Gasteiger partial charge in [-0.05, 0) is 40.3 Å². The SMILES string of the molecule is CN(Cc1ccccc1)c1ccc(I)nn1. The zero-order valence-corrected chi connectivity index (χ0v) is 11.1. The molecule has 82 valence electrons. The molecule has 0 amide bonds. The predicted molar refractivity (Wildman–Crippen MR) is 73.3 cm³/mol. The van der Waals surface area contributed by atoms with Crippen LogP contribution in [0.15, 0.2) is 42.5 Å². The third-order valence-corrected chi connectivity index (χ3v) is 2.85. The number of halogens is 1. The minimum absolute atomic E-state index is 0.843. The Morgan fingerprint density at radius 1 is 1.06 bits per heavy atom. The monoisotopic (exact) mass is 325 g/mol. The summed E-state index contributed by atoms with van der Waals surface area (Å²) in [6, 6.07) is 14.3. The predicted octanol–water partition coefficient (Wildman–Crippen LogP) is 2.72. The summed E-state index contributed by atoms with van der Waals surface area (Å²) >= 11 is 2.15. The second-order valence-corrected chi connectivity index (χ2v) is 4.66. The summed E-state index contributed by atoms with van der Waals surface area (Å²) in [5, 5.41) is 8.18. The van der Waals surface area contributed by atoms with E-state index in [1.807, 2.05) is 37.4 Å². The van der Waals surface area contributed by atoms with Gasteiger partial charge >= 0.3 is 0 Å². The summed E-state index contributed by atoms with van der Waals surface area (Å²) in [6.45, 7) is 0.843. The van der Waals surface area contributed by atoms with Gasteiger partial charge in [-0.3, -0.25) is 0 Å². The Hall–Kier alpha value is -1.17. The standard InChI is InChI=1S/C12H12IN3/c1-16(9-10-5-3-2-4-6-10)12-8-7-11(13)14-15-12/h2-8H,9H2,1H3. The van der Waals surface area contributed by atoms with E-state index in [0.29, 0.717) is 0 Å². The molecule has 0 N–H and O–H groups in total. The normalized spacial score (nSPS) is 10.1. The fourth-order valence-electron chi connectivity index (χ4n) is 1.45. The lowest BCUT2D eigenvalue weighted by molar-refractivity contribution is 0.860. The third kappa shape index (κ3) is 2.91. The summed E-state index contributed by atoms with van der Waals surface area (Å²) in [4.78, 5) is 2.08. The molecule has 2 rings (SSSR count). The van der Waals surface area contributed by atoms with Crippen molar-refractivity contribution < 1.29 is 0 Å². The molecule has 0 aliphatic rings. The molecule has 16 heavy (non-hydrogen) atoms. The van der Waals surface area contributed by atoms with Crippen molar-refractivity contribution in [2.45, 2.75) is 6.54 Å². The molecule has 1 aromatic carbocycles. The van der Waals surface area contributed by atoms with Crippen molar-refractivity contribution in [2.75, 3.05) is 11.9 Å². The van der Waals surface area contributed by atoms with Crippen LogP contribution < -0.4 is 4.90 Å². The molecule has 0 unspecified atom stereocenters. The summed E-state index contributed by atoms with van der Waals surface area (Å²) in [6.07, 6.45) is 0. The van der Waals surface area contributed by atoms with Crippen LogP contribution in [-0.4, -0.2) is 17.2 Å². The van der Waals surface area contributed by atoms with Crippen molar-refractivity contribution in [1.82, 2.24) is 10.2 Å². The van der Waals surface area contributed by atoms with E-state index in [9.17, 15) is 0 Å². The summed E-state index contributed by atoms with van der Waals surface area (Å²) < 4.78 is 0.912. The van der Waals surface area contributed by atoms with Gasteiger partial charge in [-0.2, -0.15) is 0 Å². The number of hydrogen-bond acceptors (Lipinski definition) is 3. The Kier molecular flexibility index (Phi) is 3.71. The largest absolute Gasteiger partial charge is 0.354 e. The van der Waals surface area contributed by atoms with Crippen LogP contribution in [0.4, 0.5) is 5.82 Å². The number of aromatic nitrogens is 2. The molecule has 0 fully saturated rings. The van der Waals surface area contributed by atoms with E-state index in [1.54, 1.807) is 0 Å². The highest BCUT2D eigenvalue weighted by molar-refractivity contribution is 14.1. The van der Waals surface area contributed by atoms with Crippen LogP contribution in [-0.2, 0) is 6.54 Å². The summed E-state index contributed by atoms with van der Waals surface area (Å²) in [7, 11) is 2.02. The van der Waals surface area contributed by atoms with E-state index in [0.717, 1.165) is 16.1 Å². The Morgan fingerprint density at radius 3 is 2.44 bits per heavy atom. The van der Waals surface area contributed by atoms with Gasteiger partial charge in [-0.15, -0.1) is 10.2 Å². The van der Waals surface area contributed by atoms with Crippen LogP contribution in [0.1, 0.15) is 5.56 Å². The molecule has 0 atom stereocenters. The number of nitrogens with zero attached hydrogens (tertiary/aromatic N) is 3. The van der Waals surface area contributed by atoms with E-state index in [1.165, 1.54) is 5.56 Å². The van der Waals surface area contributed by atoms with Gasteiger partial charge < -0.3 is 4.90 Å². The molecular weight excluding hydrogens is 313 g/mol. The van der Waals surface area contributed by atoms with Crippen molar-refractivity contribution in [3.05, 3.63) is 51.7 Å². The molecule has 0 radical (unpaired) electrons. The minimum atomic E-state index is 0.843. The first-order valence-corrected chi connectivity index (χ1v) is 6.08. The molecule has 1 aromatic heterocycles. The first-order chi connectivity index (χ1) is 7.75. The highest BCUT2D eigenvalue weighted by Crippen LogP contribution is 2.12. The van der Waals surface area contributed by atoms with Gasteiger partial charge in [0.1, 0.15) is 3.70 Å². The fourth-order valence-corrected chi connectivity index (χ4v) is 1.74. The lowest BCUT2D eigenvalue weighted by Crippen LogP contribution is -2.18. The molecule has 2 aromatic rings. The molecule has 0 aliphatic heterocycles.